The Morgan fingerprint density at radius 2 is 1.85 bits per heavy atom. The zero-order chi connectivity index (χ0) is 28.2. The normalized spacial score (nSPS) is 41.0. The lowest BCUT2D eigenvalue weighted by molar-refractivity contribution is -0.131. The maximum absolute atomic E-state index is 11.0. The van der Waals surface area contributed by atoms with Gasteiger partial charge < -0.3 is 36.2 Å². The number of ether oxygens (including phenoxy) is 1. The SMILES string of the molecule is CCN1CNC(N)C2NCN([C@@H]3O[C@H](CN(C)C4CC(CCC5Nc6ccc(C7CCC7)cc6N5)C4)[C@@H](O)[C@H]3O)C21. The highest BCUT2D eigenvalue weighted by Gasteiger charge is 2.53. The third-order valence-electron chi connectivity index (χ3n) is 11.0. The highest BCUT2D eigenvalue weighted by Crippen LogP contribution is 2.41. The number of benzene rings is 1. The molecule has 4 unspecified atom stereocenters. The van der Waals surface area contributed by atoms with E-state index in [0.717, 1.165) is 24.8 Å². The summed E-state index contributed by atoms with van der Waals surface area (Å²) in [5, 5.41) is 36.2. The molecule has 8 atom stereocenters. The van der Waals surface area contributed by atoms with Gasteiger partial charge in [-0.1, -0.05) is 19.4 Å². The summed E-state index contributed by atoms with van der Waals surface area (Å²) in [7, 11) is 2.13. The molecule has 228 valence electrons. The van der Waals surface area contributed by atoms with Gasteiger partial charge >= 0.3 is 0 Å². The predicted octanol–water partition coefficient (Wildman–Crippen LogP) is 0.780. The summed E-state index contributed by atoms with van der Waals surface area (Å²) >= 11 is 0. The second kappa shape index (κ2) is 11.5. The number of nitrogens with one attached hydrogen (secondary N) is 4. The highest BCUT2D eigenvalue weighted by molar-refractivity contribution is 5.75. The first-order valence-corrected chi connectivity index (χ1v) is 16.0. The van der Waals surface area contributed by atoms with Crippen LogP contribution in [-0.4, -0.2) is 114 Å². The monoisotopic (exact) mass is 570 g/mol. The lowest BCUT2D eigenvalue weighted by Crippen LogP contribution is -2.69. The van der Waals surface area contributed by atoms with Crippen LogP contribution in [0.3, 0.4) is 0 Å². The molecule has 2 saturated carbocycles. The number of aliphatic hydroxyl groups excluding tert-OH is 2. The van der Waals surface area contributed by atoms with Crippen molar-refractivity contribution in [3.8, 4) is 0 Å². The summed E-state index contributed by atoms with van der Waals surface area (Å²) < 4.78 is 6.38. The first-order valence-electron chi connectivity index (χ1n) is 16.0. The largest absolute Gasteiger partial charge is 0.387 e. The molecule has 6 aliphatic rings. The van der Waals surface area contributed by atoms with Gasteiger partial charge in [0.25, 0.3) is 0 Å². The number of anilines is 2. The van der Waals surface area contributed by atoms with Crippen LogP contribution in [0, 0.1) is 5.92 Å². The van der Waals surface area contributed by atoms with E-state index in [1.54, 1.807) is 0 Å². The van der Waals surface area contributed by atoms with Crippen molar-refractivity contribution in [2.24, 2.45) is 11.7 Å². The molecule has 0 radical (unpaired) electrons. The first kappa shape index (κ1) is 28.2. The Balaban J connectivity index is 0.865. The van der Waals surface area contributed by atoms with Crippen LogP contribution in [0.4, 0.5) is 11.4 Å². The lowest BCUT2D eigenvalue weighted by atomic mass is 9.76. The molecule has 1 aromatic rings. The predicted molar refractivity (Wildman–Crippen MR) is 159 cm³/mol. The molecule has 0 aromatic heterocycles. The van der Waals surface area contributed by atoms with E-state index in [0.29, 0.717) is 32.1 Å². The van der Waals surface area contributed by atoms with E-state index in [1.165, 1.54) is 55.5 Å². The smallest absolute Gasteiger partial charge is 0.142 e. The number of rotatable bonds is 9. The standard InChI is InChI=1S/C30H50N8O3/c1-3-37-15-33-28(31)25-29(37)38(16-32-25)30-27(40)26(39)23(41-30)14-36(2)20-11-17(12-20)7-10-24-34-21-9-8-19(13-22(21)35-24)18-5-4-6-18/h8-9,13,17-18,20,23-30,32-35,39-40H,3-7,10-12,14-16,31H2,1-2H3/t17?,20?,23-,24?,25?,26-,27-,28?,29?,30-/m1/s1. The Kier molecular flexibility index (Phi) is 7.93. The molecule has 2 aliphatic carbocycles. The molecular weight excluding hydrogens is 520 g/mol. The summed E-state index contributed by atoms with van der Waals surface area (Å²) in [5.74, 6) is 1.49. The summed E-state index contributed by atoms with van der Waals surface area (Å²) in [6, 6.07) is 7.46. The van der Waals surface area contributed by atoms with Crippen LogP contribution in [-0.2, 0) is 4.74 Å². The van der Waals surface area contributed by atoms with Crippen molar-refractivity contribution in [3.05, 3.63) is 23.8 Å². The van der Waals surface area contributed by atoms with Crippen molar-refractivity contribution in [2.45, 2.75) is 113 Å². The number of nitrogens with zero attached hydrogens (tertiary/aromatic N) is 3. The quantitative estimate of drug-likeness (QED) is 0.227. The summed E-state index contributed by atoms with van der Waals surface area (Å²) in [4.78, 5) is 6.76. The molecule has 5 fully saturated rings. The van der Waals surface area contributed by atoms with Gasteiger partial charge in [0.2, 0.25) is 0 Å². The Bertz CT molecular complexity index is 1070. The molecule has 0 amide bonds. The summed E-state index contributed by atoms with van der Waals surface area (Å²) in [5.41, 5.74) is 10.3. The van der Waals surface area contributed by atoms with Gasteiger partial charge in [0.15, 0.2) is 0 Å². The third-order valence-corrected chi connectivity index (χ3v) is 11.0. The number of fused-ring (bicyclic) bond motifs is 2. The Morgan fingerprint density at radius 3 is 2.61 bits per heavy atom. The topological polar surface area (TPSA) is 134 Å². The van der Waals surface area contributed by atoms with Gasteiger partial charge in [0.05, 0.1) is 49.3 Å². The summed E-state index contributed by atoms with van der Waals surface area (Å²) in [6.45, 7) is 4.87. The molecule has 4 aliphatic heterocycles. The molecule has 11 heteroatoms. The Morgan fingerprint density at radius 1 is 1.05 bits per heavy atom. The van der Waals surface area contributed by atoms with Gasteiger partial charge in [0, 0.05) is 12.6 Å². The molecule has 8 N–H and O–H groups in total. The van der Waals surface area contributed by atoms with E-state index in [-0.39, 0.29) is 18.4 Å². The van der Waals surface area contributed by atoms with Crippen molar-refractivity contribution >= 4 is 11.4 Å². The maximum Gasteiger partial charge on any atom is 0.142 e. The van der Waals surface area contributed by atoms with Gasteiger partial charge in [-0.25, -0.2) is 4.90 Å². The second-order valence-corrected chi connectivity index (χ2v) is 13.4. The number of hydrogen-bond acceptors (Lipinski definition) is 11. The lowest BCUT2D eigenvalue weighted by Gasteiger charge is -2.45. The van der Waals surface area contributed by atoms with Gasteiger partial charge in [0.1, 0.15) is 24.5 Å². The second-order valence-electron chi connectivity index (χ2n) is 13.4. The fourth-order valence-electron chi connectivity index (χ4n) is 7.99. The van der Waals surface area contributed by atoms with Crippen molar-refractivity contribution in [1.82, 2.24) is 25.3 Å². The van der Waals surface area contributed by atoms with E-state index >= 15 is 0 Å². The number of nitrogens with two attached hydrogens (primary N) is 1. The van der Waals surface area contributed by atoms with Gasteiger partial charge in [-0.2, -0.15) is 0 Å². The van der Waals surface area contributed by atoms with Crippen LogP contribution >= 0.6 is 0 Å². The van der Waals surface area contributed by atoms with Crippen molar-refractivity contribution in [2.75, 3.05) is 44.1 Å². The third kappa shape index (κ3) is 5.27. The van der Waals surface area contributed by atoms with E-state index < -0.39 is 24.5 Å². The average Bonchev–Trinajstić information content (AvgIpc) is 3.59. The average molecular weight is 571 g/mol. The van der Waals surface area contributed by atoms with Crippen LogP contribution in [0.5, 0.6) is 0 Å². The molecule has 4 heterocycles. The van der Waals surface area contributed by atoms with Crippen molar-refractivity contribution < 1.29 is 14.9 Å². The fourth-order valence-corrected chi connectivity index (χ4v) is 7.99. The summed E-state index contributed by atoms with van der Waals surface area (Å²) in [6.07, 6.45) is 6.05. The van der Waals surface area contributed by atoms with Crippen molar-refractivity contribution in [3.63, 3.8) is 0 Å². The van der Waals surface area contributed by atoms with Crippen LogP contribution < -0.4 is 27.0 Å². The van der Waals surface area contributed by atoms with Gasteiger partial charge in [-0.3, -0.25) is 15.5 Å². The van der Waals surface area contributed by atoms with E-state index in [2.05, 4.69) is 68.1 Å². The van der Waals surface area contributed by atoms with Crippen LogP contribution in [0.15, 0.2) is 18.2 Å². The highest BCUT2D eigenvalue weighted by atomic mass is 16.6. The minimum Gasteiger partial charge on any atom is -0.387 e. The van der Waals surface area contributed by atoms with Crippen LogP contribution in [0.25, 0.3) is 0 Å². The van der Waals surface area contributed by atoms with Crippen LogP contribution in [0.2, 0.25) is 0 Å². The molecule has 7 rings (SSSR count). The Labute approximate surface area is 244 Å². The molecule has 41 heavy (non-hydrogen) atoms. The number of hydrogen-bond donors (Lipinski definition) is 7. The molecule has 1 aromatic carbocycles. The minimum atomic E-state index is -0.951. The number of likely N-dealkylation sites (N-methyl/N-ethyl adjacent to an activating group) is 2. The van der Waals surface area contributed by atoms with Crippen LogP contribution in [0.1, 0.15) is 63.4 Å². The zero-order valence-corrected chi connectivity index (χ0v) is 24.6. The van der Waals surface area contributed by atoms with Crippen molar-refractivity contribution in [1.29, 1.82) is 0 Å². The van der Waals surface area contributed by atoms with Gasteiger partial charge in [-0.15, -0.1) is 0 Å². The molecule has 0 bridgehead atoms. The van der Waals surface area contributed by atoms with Gasteiger partial charge in [-0.05, 0) is 81.6 Å². The fraction of sp³-hybridized carbons (Fsp3) is 0.800. The number of aliphatic hydroxyl groups is 2. The maximum atomic E-state index is 11.0. The molecular formula is C30H50N8O3. The van der Waals surface area contributed by atoms with E-state index in [9.17, 15) is 10.2 Å². The molecule has 0 spiro atoms. The minimum absolute atomic E-state index is 0.0217. The van der Waals surface area contributed by atoms with E-state index in [4.69, 9.17) is 10.5 Å². The van der Waals surface area contributed by atoms with E-state index in [1.807, 2.05) is 0 Å². The molecule has 11 nitrogen and oxygen atoms in total. The Hall–Kier alpha value is -1.54. The zero-order valence-electron chi connectivity index (χ0n) is 24.6. The first-order chi connectivity index (χ1) is 19.9. The molecule has 3 saturated heterocycles.